The number of likely N-dealkylation sites (tertiary alicyclic amines) is 1. The van der Waals surface area contributed by atoms with Crippen LogP contribution >= 0.6 is 0 Å². The molecule has 7 rings (SSSR count). The van der Waals surface area contributed by atoms with E-state index in [2.05, 4.69) is 25.5 Å². The first kappa shape index (κ1) is 20.4. The van der Waals surface area contributed by atoms with Gasteiger partial charge >= 0.3 is 0 Å². The van der Waals surface area contributed by atoms with E-state index >= 15 is 0 Å². The van der Waals surface area contributed by atoms with Crippen LogP contribution in [0, 0.1) is 0 Å². The molecule has 2 fully saturated rings. The lowest BCUT2D eigenvalue weighted by Gasteiger charge is -2.45. The smallest absolute Gasteiger partial charge is 0.272 e. The van der Waals surface area contributed by atoms with Gasteiger partial charge in [0.2, 0.25) is 0 Å². The number of fused-ring (bicyclic) bond motifs is 6. The average Bonchev–Trinajstić information content (AvgIpc) is 3.60. The van der Waals surface area contributed by atoms with Crippen LogP contribution in [0.2, 0.25) is 0 Å². The number of amides is 2. The van der Waals surface area contributed by atoms with Crippen LogP contribution in [0.15, 0.2) is 48.8 Å². The number of H-pyrrole nitrogens is 2. The quantitative estimate of drug-likeness (QED) is 0.429. The molecule has 3 aliphatic rings. The van der Waals surface area contributed by atoms with Gasteiger partial charge in [0.05, 0.1) is 17.6 Å². The number of aromatic amines is 2. The highest BCUT2D eigenvalue weighted by Crippen LogP contribution is 2.55. The second-order valence-electron chi connectivity index (χ2n) is 10.1. The molecule has 1 saturated carbocycles. The van der Waals surface area contributed by atoms with Crippen LogP contribution in [0.5, 0.6) is 0 Å². The first-order chi connectivity index (χ1) is 17.1. The van der Waals surface area contributed by atoms with E-state index < -0.39 is 0 Å². The Labute approximate surface area is 202 Å². The summed E-state index contributed by atoms with van der Waals surface area (Å²) in [5.74, 6) is -0.189. The molecule has 4 heterocycles. The summed E-state index contributed by atoms with van der Waals surface area (Å²) in [6.07, 6.45) is 8.86. The molecule has 3 aromatic heterocycles. The topological polar surface area (TPSA) is 107 Å². The van der Waals surface area contributed by atoms with Crippen molar-refractivity contribution in [1.29, 1.82) is 0 Å². The Kier molecular flexibility index (Phi) is 4.40. The third-order valence-electron chi connectivity index (χ3n) is 8.09. The van der Waals surface area contributed by atoms with E-state index in [0.717, 1.165) is 48.0 Å². The molecule has 4 aromatic rings. The van der Waals surface area contributed by atoms with Crippen molar-refractivity contribution in [2.24, 2.45) is 0 Å². The van der Waals surface area contributed by atoms with Gasteiger partial charge in [0.15, 0.2) is 0 Å². The van der Waals surface area contributed by atoms with Crippen molar-refractivity contribution < 1.29 is 9.59 Å². The number of carbonyl (C=O) groups excluding carboxylic acids is 2. The minimum absolute atomic E-state index is 0.0727. The summed E-state index contributed by atoms with van der Waals surface area (Å²) in [5, 5.41) is 11.8. The standard InChI is InChI=1S/C27H26N6O2/c34-25(30-18-7-11-33(15-18)26(35)21-4-1-2-10-28-21)16-5-6-20-19(12-16)22-24(31-20)23-17(14-29-32-23)13-27(22)8-3-9-27/h1-2,4-6,10,12,14,18,31H,3,7-9,11,13,15H2,(H,29,32)(H,30,34). The zero-order valence-electron chi connectivity index (χ0n) is 19.3. The predicted octanol–water partition coefficient (Wildman–Crippen LogP) is 3.58. The van der Waals surface area contributed by atoms with Crippen molar-refractivity contribution in [2.75, 3.05) is 13.1 Å². The number of benzene rings is 1. The van der Waals surface area contributed by atoms with Crippen molar-refractivity contribution in [3.63, 3.8) is 0 Å². The van der Waals surface area contributed by atoms with Crippen LogP contribution in [0.1, 0.15) is 57.7 Å². The SMILES string of the molecule is O=C(NC1CCN(C(=O)c2ccccn2)C1)c1ccc2[nH]c3c(c2c1)C1(CCC1)Cc1cn[nH]c1-3. The number of pyridine rings is 1. The second-order valence-corrected chi connectivity index (χ2v) is 10.1. The molecule has 2 aliphatic carbocycles. The minimum atomic E-state index is -0.0975. The monoisotopic (exact) mass is 466 g/mol. The minimum Gasteiger partial charge on any atom is -0.353 e. The number of nitrogens with zero attached hydrogens (tertiary/aromatic N) is 3. The predicted molar refractivity (Wildman–Crippen MR) is 131 cm³/mol. The second kappa shape index (κ2) is 7.53. The maximum atomic E-state index is 13.2. The van der Waals surface area contributed by atoms with Gasteiger partial charge in [0, 0.05) is 52.8 Å². The van der Waals surface area contributed by atoms with Crippen molar-refractivity contribution in [3.05, 3.63) is 71.2 Å². The largest absolute Gasteiger partial charge is 0.353 e. The molecule has 1 spiro atoms. The van der Waals surface area contributed by atoms with Crippen LogP contribution in [0.3, 0.4) is 0 Å². The van der Waals surface area contributed by atoms with Gasteiger partial charge in [-0.25, -0.2) is 0 Å². The summed E-state index contributed by atoms with van der Waals surface area (Å²) in [6, 6.07) is 11.2. The molecular weight excluding hydrogens is 440 g/mol. The molecule has 1 atom stereocenters. The van der Waals surface area contributed by atoms with E-state index in [-0.39, 0.29) is 23.3 Å². The van der Waals surface area contributed by atoms with Crippen LogP contribution in [0.25, 0.3) is 22.3 Å². The molecule has 1 unspecified atom stereocenters. The highest BCUT2D eigenvalue weighted by molar-refractivity contribution is 6.01. The zero-order valence-corrected chi connectivity index (χ0v) is 19.3. The molecule has 0 radical (unpaired) electrons. The first-order valence-corrected chi connectivity index (χ1v) is 12.3. The number of hydrogen-bond donors (Lipinski definition) is 3. The van der Waals surface area contributed by atoms with E-state index in [4.69, 9.17) is 0 Å². The molecule has 3 N–H and O–H groups in total. The molecule has 0 bridgehead atoms. The summed E-state index contributed by atoms with van der Waals surface area (Å²) in [6.45, 7) is 1.11. The van der Waals surface area contributed by atoms with Crippen molar-refractivity contribution in [3.8, 4) is 11.4 Å². The van der Waals surface area contributed by atoms with Gasteiger partial charge in [-0.2, -0.15) is 5.10 Å². The highest BCUT2D eigenvalue weighted by Gasteiger charge is 2.46. The summed E-state index contributed by atoms with van der Waals surface area (Å²) in [4.78, 5) is 35.5. The van der Waals surface area contributed by atoms with E-state index in [1.165, 1.54) is 17.5 Å². The lowest BCUT2D eigenvalue weighted by atomic mass is 9.58. The maximum Gasteiger partial charge on any atom is 0.272 e. The van der Waals surface area contributed by atoms with E-state index in [0.29, 0.717) is 24.3 Å². The van der Waals surface area contributed by atoms with Gasteiger partial charge in [-0.15, -0.1) is 0 Å². The van der Waals surface area contributed by atoms with Gasteiger partial charge in [-0.1, -0.05) is 12.5 Å². The Morgan fingerprint density at radius 1 is 1.14 bits per heavy atom. The molecule has 2 amide bonds. The van der Waals surface area contributed by atoms with Crippen molar-refractivity contribution >= 4 is 22.7 Å². The third kappa shape index (κ3) is 3.12. The number of aromatic nitrogens is 4. The molecule has 1 saturated heterocycles. The van der Waals surface area contributed by atoms with Crippen molar-refractivity contribution in [2.45, 2.75) is 43.6 Å². The maximum absolute atomic E-state index is 13.2. The molecule has 35 heavy (non-hydrogen) atoms. The highest BCUT2D eigenvalue weighted by atomic mass is 16.2. The Morgan fingerprint density at radius 3 is 2.86 bits per heavy atom. The molecule has 1 aromatic carbocycles. The fourth-order valence-electron chi connectivity index (χ4n) is 6.20. The Morgan fingerprint density at radius 2 is 2.06 bits per heavy atom. The van der Waals surface area contributed by atoms with E-state index in [1.54, 1.807) is 23.2 Å². The summed E-state index contributed by atoms with van der Waals surface area (Å²) in [7, 11) is 0. The Balaban J connectivity index is 1.14. The number of nitrogens with one attached hydrogen (secondary N) is 3. The van der Waals surface area contributed by atoms with Gasteiger partial charge in [-0.3, -0.25) is 19.7 Å². The lowest BCUT2D eigenvalue weighted by molar-refractivity contribution is 0.0777. The molecular formula is C27H26N6O2. The molecule has 8 nitrogen and oxygen atoms in total. The van der Waals surface area contributed by atoms with Gasteiger partial charge in [0.25, 0.3) is 11.8 Å². The zero-order chi connectivity index (χ0) is 23.6. The van der Waals surface area contributed by atoms with E-state index in [1.807, 2.05) is 30.5 Å². The van der Waals surface area contributed by atoms with Crippen LogP contribution < -0.4 is 5.32 Å². The molecule has 8 heteroatoms. The van der Waals surface area contributed by atoms with Gasteiger partial charge in [0.1, 0.15) is 5.69 Å². The lowest BCUT2D eigenvalue weighted by Crippen LogP contribution is -2.39. The number of rotatable bonds is 3. The normalized spacial score (nSPS) is 19.9. The average molecular weight is 467 g/mol. The number of hydrogen-bond acceptors (Lipinski definition) is 4. The fourth-order valence-corrected chi connectivity index (χ4v) is 6.20. The van der Waals surface area contributed by atoms with E-state index in [9.17, 15) is 9.59 Å². The summed E-state index contributed by atoms with van der Waals surface area (Å²) < 4.78 is 0. The third-order valence-corrected chi connectivity index (χ3v) is 8.09. The van der Waals surface area contributed by atoms with Crippen molar-refractivity contribution in [1.82, 2.24) is 30.4 Å². The summed E-state index contributed by atoms with van der Waals surface area (Å²) in [5.41, 5.74) is 7.07. The molecule has 1 aliphatic heterocycles. The van der Waals surface area contributed by atoms with Crippen LogP contribution in [-0.2, 0) is 11.8 Å². The Hall–Kier alpha value is -3.94. The first-order valence-electron chi connectivity index (χ1n) is 12.3. The number of carbonyl (C=O) groups is 2. The Bertz CT molecular complexity index is 1470. The fraction of sp³-hybridized carbons (Fsp3) is 0.333. The van der Waals surface area contributed by atoms with Gasteiger partial charge < -0.3 is 15.2 Å². The van der Waals surface area contributed by atoms with Crippen LogP contribution in [0.4, 0.5) is 0 Å². The molecule has 176 valence electrons. The van der Waals surface area contributed by atoms with Gasteiger partial charge in [-0.05, 0) is 61.6 Å². The summed E-state index contributed by atoms with van der Waals surface area (Å²) >= 11 is 0. The van der Waals surface area contributed by atoms with Crippen LogP contribution in [-0.4, -0.2) is 56.0 Å².